The second-order valence-electron chi connectivity index (χ2n) is 5.57. The number of hydrogen-bond acceptors (Lipinski definition) is 5. The van der Waals surface area contributed by atoms with Crippen molar-refractivity contribution in [3.63, 3.8) is 0 Å². The van der Waals surface area contributed by atoms with Crippen LogP contribution in [0.3, 0.4) is 0 Å². The molecule has 0 heterocycles. The number of carbonyl (C=O) groups is 1. The van der Waals surface area contributed by atoms with Gasteiger partial charge in [0.1, 0.15) is 19.6 Å². The topological polar surface area (TPSA) is 89.8 Å². The molecule has 0 aliphatic carbocycles. The van der Waals surface area contributed by atoms with E-state index in [1.54, 1.807) is 0 Å². The SMILES string of the molecule is CCCCCCCCOC[N+](CCO)(CCO)CC(=O)[O-]. The zero-order chi connectivity index (χ0) is 16.0. The Labute approximate surface area is 127 Å². The fraction of sp³-hybridized carbons (Fsp3) is 0.933. The molecule has 0 spiro atoms. The summed E-state index contributed by atoms with van der Waals surface area (Å²) >= 11 is 0. The van der Waals surface area contributed by atoms with Crippen molar-refractivity contribution < 1.29 is 29.3 Å². The van der Waals surface area contributed by atoms with E-state index in [2.05, 4.69) is 6.92 Å². The summed E-state index contributed by atoms with van der Waals surface area (Å²) in [5.41, 5.74) is 0. The zero-order valence-corrected chi connectivity index (χ0v) is 13.3. The fourth-order valence-corrected chi connectivity index (χ4v) is 2.39. The van der Waals surface area contributed by atoms with Gasteiger partial charge in [0.2, 0.25) is 0 Å². The number of ether oxygens (including phenoxy) is 1. The molecule has 0 aliphatic rings. The van der Waals surface area contributed by atoms with Crippen LogP contribution in [0.5, 0.6) is 0 Å². The molecule has 0 saturated heterocycles. The van der Waals surface area contributed by atoms with Crippen LogP contribution in [0.1, 0.15) is 45.4 Å². The van der Waals surface area contributed by atoms with Gasteiger partial charge in [-0.05, 0) is 6.42 Å². The molecule has 0 aromatic carbocycles. The van der Waals surface area contributed by atoms with E-state index in [4.69, 9.17) is 14.9 Å². The Morgan fingerprint density at radius 3 is 2.14 bits per heavy atom. The molecule has 0 rings (SSSR count). The Morgan fingerprint density at radius 1 is 1.05 bits per heavy atom. The van der Waals surface area contributed by atoms with E-state index in [-0.39, 0.29) is 44.1 Å². The van der Waals surface area contributed by atoms with Gasteiger partial charge in [0.25, 0.3) is 0 Å². The summed E-state index contributed by atoms with van der Waals surface area (Å²) in [6.07, 6.45) is 7.00. The molecule has 0 fully saturated rings. The summed E-state index contributed by atoms with van der Waals surface area (Å²) in [6.45, 7) is 2.88. The summed E-state index contributed by atoms with van der Waals surface area (Å²) in [4.78, 5) is 10.9. The molecule has 0 aromatic heterocycles. The summed E-state index contributed by atoms with van der Waals surface area (Å²) in [7, 11) is 0. The smallest absolute Gasteiger partial charge is 0.183 e. The van der Waals surface area contributed by atoms with Gasteiger partial charge in [-0.1, -0.05) is 39.0 Å². The third kappa shape index (κ3) is 10.6. The minimum absolute atomic E-state index is 0.00513. The van der Waals surface area contributed by atoms with Crippen LogP contribution < -0.4 is 5.11 Å². The summed E-state index contributed by atoms with van der Waals surface area (Å²) < 4.78 is 5.58. The highest BCUT2D eigenvalue weighted by molar-refractivity contribution is 5.65. The Kier molecular flexibility index (Phi) is 12.6. The van der Waals surface area contributed by atoms with Crippen molar-refractivity contribution in [1.82, 2.24) is 0 Å². The zero-order valence-electron chi connectivity index (χ0n) is 13.3. The number of carboxylic acid groups (broad SMARTS) is 1. The number of rotatable bonds is 15. The van der Waals surface area contributed by atoms with Crippen LogP contribution in [0.25, 0.3) is 0 Å². The molecular formula is C15H31NO5. The van der Waals surface area contributed by atoms with Crippen LogP contribution in [0.2, 0.25) is 0 Å². The van der Waals surface area contributed by atoms with Crippen molar-refractivity contribution in [1.29, 1.82) is 0 Å². The van der Waals surface area contributed by atoms with E-state index >= 15 is 0 Å². The molecule has 2 N–H and O–H groups in total. The first-order chi connectivity index (χ1) is 10.1. The third-order valence-electron chi connectivity index (χ3n) is 3.62. The number of aliphatic carboxylic acids is 1. The summed E-state index contributed by atoms with van der Waals surface area (Å²) in [5, 5.41) is 29.1. The molecule has 0 saturated carbocycles. The first-order valence-corrected chi connectivity index (χ1v) is 7.94. The average Bonchev–Trinajstić information content (AvgIpc) is 2.41. The van der Waals surface area contributed by atoms with Crippen molar-refractivity contribution in [3.05, 3.63) is 0 Å². The van der Waals surface area contributed by atoms with Gasteiger partial charge in [-0.25, -0.2) is 0 Å². The van der Waals surface area contributed by atoms with Crippen molar-refractivity contribution in [2.24, 2.45) is 0 Å². The highest BCUT2D eigenvalue weighted by Gasteiger charge is 2.27. The van der Waals surface area contributed by atoms with Gasteiger partial charge in [-0.3, -0.25) is 4.48 Å². The third-order valence-corrected chi connectivity index (χ3v) is 3.62. The number of unbranched alkanes of at least 4 members (excludes halogenated alkanes) is 5. The lowest BCUT2D eigenvalue weighted by Gasteiger charge is -2.37. The maximum absolute atomic E-state index is 10.9. The quantitative estimate of drug-likeness (QED) is 0.250. The summed E-state index contributed by atoms with van der Waals surface area (Å²) in [5.74, 6) is -1.19. The fourth-order valence-electron chi connectivity index (χ4n) is 2.39. The van der Waals surface area contributed by atoms with Gasteiger partial charge in [0.05, 0.1) is 25.8 Å². The van der Waals surface area contributed by atoms with Crippen LogP contribution in [-0.2, 0) is 9.53 Å². The van der Waals surface area contributed by atoms with Crippen molar-refractivity contribution in [3.8, 4) is 0 Å². The molecule has 6 heteroatoms. The molecule has 0 bridgehead atoms. The molecule has 0 radical (unpaired) electrons. The second-order valence-corrected chi connectivity index (χ2v) is 5.57. The lowest BCUT2D eigenvalue weighted by atomic mass is 10.1. The van der Waals surface area contributed by atoms with Gasteiger partial charge in [-0.15, -0.1) is 0 Å². The second kappa shape index (κ2) is 13.0. The lowest BCUT2D eigenvalue weighted by molar-refractivity contribution is -0.941. The first kappa shape index (κ1) is 20.3. The van der Waals surface area contributed by atoms with E-state index in [9.17, 15) is 9.90 Å². The Balaban J connectivity index is 4.01. The molecule has 6 nitrogen and oxygen atoms in total. The van der Waals surface area contributed by atoms with Gasteiger partial charge in [-0.2, -0.15) is 0 Å². The molecular weight excluding hydrogens is 274 g/mol. The van der Waals surface area contributed by atoms with Crippen LogP contribution in [0, 0.1) is 0 Å². The van der Waals surface area contributed by atoms with Crippen LogP contribution >= 0.6 is 0 Å². The van der Waals surface area contributed by atoms with E-state index in [1.165, 1.54) is 25.7 Å². The maximum Gasteiger partial charge on any atom is 0.183 e. The van der Waals surface area contributed by atoms with Crippen molar-refractivity contribution >= 4 is 5.97 Å². The average molecular weight is 305 g/mol. The minimum atomic E-state index is -1.19. The molecule has 0 aliphatic heterocycles. The largest absolute Gasteiger partial charge is 0.544 e. The van der Waals surface area contributed by atoms with Crippen molar-refractivity contribution in [2.75, 3.05) is 46.2 Å². The van der Waals surface area contributed by atoms with Crippen molar-refractivity contribution in [2.45, 2.75) is 45.4 Å². The monoisotopic (exact) mass is 305 g/mol. The van der Waals surface area contributed by atoms with Gasteiger partial charge >= 0.3 is 0 Å². The summed E-state index contributed by atoms with van der Waals surface area (Å²) in [6, 6.07) is 0. The normalized spacial score (nSPS) is 11.8. The number of carbonyl (C=O) groups excluding carboxylic acids is 1. The van der Waals surface area contributed by atoms with E-state index in [0.717, 1.165) is 12.8 Å². The molecule has 21 heavy (non-hydrogen) atoms. The highest BCUT2D eigenvalue weighted by Crippen LogP contribution is 2.08. The Morgan fingerprint density at radius 2 is 1.62 bits per heavy atom. The number of aliphatic hydroxyl groups is 2. The number of aliphatic hydroxyl groups excluding tert-OH is 2. The molecule has 0 atom stereocenters. The number of nitrogens with zero attached hydrogens (tertiary/aromatic N) is 1. The maximum atomic E-state index is 10.9. The molecule has 126 valence electrons. The van der Waals surface area contributed by atoms with Gasteiger partial charge < -0.3 is 24.9 Å². The van der Waals surface area contributed by atoms with Crippen LogP contribution in [-0.4, -0.2) is 66.9 Å². The van der Waals surface area contributed by atoms with E-state index in [0.29, 0.717) is 6.61 Å². The predicted octanol–water partition coefficient (Wildman–Crippen LogP) is -0.128. The van der Waals surface area contributed by atoms with Gasteiger partial charge in [0, 0.05) is 0 Å². The first-order valence-electron chi connectivity index (χ1n) is 7.94. The number of hydrogen-bond donors (Lipinski definition) is 2. The van der Waals surface area contributed by atoms with Crippen LogP contribution in [0.4, 0.5) is 0 Å². The standard InChI is InChI=1S/C15H31NO5/c1-2-3-4-5-6-7-12-21-14-16(8-10-17,9-11-18)13-15(19)20/h17-18H,2-14H2,1H3. The number of carboxylic acids is 1. The molecule has 0 unspecified atom stereocenters. The lowest BCUT2D eigenvalue weighted by Crippen LogP contribution is -2.58. The Bertz CT molecular complexity index is 254. The predicted molar refractivity (Wildman–Crippen MR) is 78.2 cm³/mol. The molecule has 0 aromatic rings. The minimum Gasteiger partial charge on any atom is -0.544 e. The number of quaternary nitrogens is 1. The highest BCUT2D eigenvalue weighted by atomic mass is 16.5. The van der Waals surface area contributed by atoms with Crippen LogP contribution in [0.15, 0.2) is 0 Å². The van der Waals surface area contributed by atoms with E-state index in [1.807, 2.05) is 0 Å². The Hall–Kier alpha value is -0.690. The van der Waals surface area contributed by atoms with E-state index < -0.39 is 5.97 Å². The van der Waals surface area contributed by atoms with Gasteiger partial charge in [0.15, 0.2) is 6.73 Å². The molecule has 0 amide bonds.